The fourth-order valence-corrected chi connectivity index (χ4v) is 1.22. The van der Waals surface area contributed by atoms with Gasteiger partial charge < -0.3 is 9.84 Å². The van der Waals surface area contributed by atoms with Crippen LogP contribution in [0.3, 0.4) is 0 Å². The second-order valence-electron chi connectivity index (χ2n) is 2.84. The molecule has 14 heavy (non-hydrogen) atoms. The van der Waals surface area contributed by atoms with Crippen LogP contribution in [0.1, 0.15) is 5.82 Å². The van der Waals surface area contributed by atoms with Crippen LogP contribution in [-0.2, 0) is 0 Å². The molecule has 0 aliphatic rings. The number of methoxy groups -OCH3 is 1. The van der Waals surface area contributed by atoms with E-state index in [4.69, 9.17) is 4.74 Å². The molecule has 0 saturated carbocycles. The van der Waals surface area contributed by atoms with E-state index in [2.05, 4.69) is 15.0 Å². The van der Waals surface area contributed by atoms with Crippen molar-refractivity contribution >= 4 is 10.9 Å². The Morgan fingerprint density at radius 2 is 2.14 bits per heavy atom. The minimum Gasteiger partial charge on any atom is -0.493 e. The molecule has 2 aromatic heterocycles. The molecule has 2 aromatic rings. The molecule has 2 rings (SSSR count). The summed E-state index contributed by atoms with van der Waals surface area (Å²) in [5.41, 5.74) is 0.607. The molecular formula is C9H9N3O2. The maximum absolute atomic E-state index is 9.54. The first-order chi connectivity index (χ1) is 6.70. The van der Waals surface area contributed by atoms with Crippen molar-refractivity contribution in [3.05, 3.63) is 18.1 Å². The highest BCUT2D eigenvalue weighted by atomic mass is 16.5. The molecule has 5 nitrogen and oxygen atoms in total. The predicted molar refractivity (Wildman–Crippen MR) is 50.3 cm³/mol. The van der Waals surface area contributed by atoms with Gasteiger partial charge in [-0.15, -0.1) is 0 Å². The number of aromatic nitrogens is 3. The number of hydrogen-bond donors (Lipinski definition) is 1. The van der Waals surface area contributed by atoms with E-state index in [0.29, 0.717) is 22.6 Å². The molecule has 0 saturated heterocycles. The lowest BCUT2D eigenvalue weighted by Gasteiger charge is -2.02. The van der Waals surface area contributed by atoms with Gasteiger partial charge in [-0.3, -0.25) is 0 Å². The quantitative estimate of drug-likeness (QED) is 0.729. The molecule has 0 unspecified atom stereocenters. The molecule has 0 spiro atoms. The Kier molecular flexibility index (Phi) is 1.92. The lowest BCUT2D eigenvalue weighted by Crippen LogP contribution is -1.92. The molecule has 0 fully saturated rings. The molecule has 0 aliphatic heterocycles. The lowest BCUT2D eigenvalue weighted by atomic mass is 10.3. The second-order valence-corrected chi connectivity index (χ2v) is 2.84. The third-order valence-corrected chi connectivity index (χ3v) is 1.86. The molecule has 1 N–H and O–H groups in total. The average Bonchev–Trinajstić information content (AvgIpc) is 2.17. The number of fused-ring (bicyclic) bond motifs is 1. The zero-order valence-electron chi connectivity index (χ0n) is 7.85. The van der Waals surface area contributed by atoms with Crippen molar-refractivity contribution in [2.24, 2.45) is 0 Å². The highest BCUT2D eigenvalue weighted by Gasteiger charge is 2.05. The van der Waals surface area contributed by atoms with E-state index in [1.54, 1.807) is 19.2 Å². The molecule has 0 aromatic carbocycles. The summed E-state index contributed by atoms with van der Waals surface area (Å²) in [6, 6.07) is 1.60. The SMILES string of the molecule is COc1cc2c(O)nc(C)nc2cn1. The van der Waals surface area contributed by atoms with Gasteiger partial charge in [-0.1, -0.05) is 0 Å². The Hall–Kier alpha value is -1.91. The summed E-state index contributed by atoms with van der Waals surface area (Å²) < 4.78 is 4.93. The first-order valence-electron chi connectivity index (χ1n) is 4.08. The largest absolute Gasteiger partial charge is 0.493 e. The zero-order valence-corrected chi connectivity index (χ0v) is 7.85. The highest BCUT2D eigenvalue weighted by Crippen LogP contribution is 2.23. The van der Waals surface area contributed by atoms with E-state index in [0.717, 1.165) is 0 Å². The number of nitrogens with zero attached hydrogens (tertiary/aromatic N) is 3. The van der Waals surface area contributed by atoms with E-state index in [1.165, 1.54) is 7.11 Å². The first-order valence-corrected chi connectivity index (χ1v) is 4.08. The number of aryl methyl sites for hydroxylation is 1. The van der Waals surface area contributed by atoms with E-state index in [9.17, 15) is 5.11 Å². The molecule has 72 valence electrons. The summed E-state index contributed by atoms with van der Waals surface area (Å²) in [5, 5.41) is 10.1. The van der Waals surface area contributed by atoms with Gasteiger partial charge in [0.15, 0.2) is 0 Å². The average molecular weight is 191 g/mol. The van der Waals surface area contributed by atoms with Crippen LogP contribution in [0.5, 0.6) is 11.8 Å². The van der Waals surface area contributed by atoms with Crippen molar-refractivity contribution in [1.82, 2.24) is 15.0 Å². The van der Waals surface area contributed by atoms with Gasteiger partial charge in [-0.05, 0) is 6.92 Å². The second kappa shape index (κ2) is 3.10. The number of ether oxygens (including phenoxy) is 1. The van der Waals surface area contributed by atoms with Crippen molar-refractivity contribution < 1.29 is 9.84 Å². The third-order valence-electron chi connectivity index (χ3n) is 1.86. The Balaban J connectivity index is 2.75. The van der Waals surface area contributed by atoms with Crippen molar-refractivity contribution in [2.45, 2.75) is 6.92 Å². The first kappa shape index (κ1) is 8.68. The normalized spacial score (nSPS) is 10.4. The summed E-state index contributed by atoms with van der Waals surface area (Å²) in [4.78, 5) is 11.9. The van der Waals surface area contributed by atoms with E-state index >= 15 is 0 Å². The van der Waals surface area contributed by atoms with Crippen LogP contribution in [0.4, 0.5) is 0 Å². The van der Waals surface area contributed by atoms with Gasteiger partial charge in [0.1, 0.15) is 5.82 Å². The van der Waals surface area contributed by atoms with Crippen molar-refractivity contribution in [3.8, 4) is 11.8 Å². The van der Waals surface area contributed by atoms with Crippen LogP contribution >= 0.6 is 0 Å². The highest BCUT2D eigenvalue weighted by molar-refractivity contribution is 5.83. The maximum atomic E-state index is 9.54. The lowest BCUT2D eigenvalue weighted by molar-refractivity contribution is 0.398. The summed E-state index contributed by atoms with van der Waals surface area (Å²) in [6.45, 7) is 1.71. The van der Waals surface area contributed by atoms with Crippen LogP contribution in [0, 0.1) is 6.92 Å². The topological polar surface area (TPSA) is 68.1 Å². The number of aromatic hydroxyl groups is 1. The van der Waals surface area contributed by atoms with Crippen molar-refractivity contribution in [1.29, 1.82) is 0 Å². The minimum absolute atomic E-state index is 0.0480. The van der Waals surface area contributed by atoms with Gasteiger partial charge in [0.25, 0.3) is 0 Å². The number of hydrogen-bond acceptors (Lipinski definition) is 5. The van der Waals surface area contributed by atoms with Crippen LogP contribution < -0.4 is 4.74 Å². The fourth-order valence-electron chi connectivity index (χ4n) is 1.22. The van der Waals surface area contributed by atoms with Crippen molar-refractivity contribution in [2.75, 3.05) is 7.11 Å². The van der Waals surface area contributed by atoms with E-state index < -0.39 is 0 Å². The zero-order chi connectivity index (χ0) is 10.1. The fraction of sp³-hybridized carbons (Fsp3) is 0.222. The Labute approximate surface area is 80.4 Å². The third kappa shape index (κ3) is 1.32. The number of rotatable bonds is 1. The van der Waals surface area contributed by atoms with Gasteiger partial charge in [-0.25, -0.2) is 9.97 Å². The van der Waals surface area contributed by atoms with Gasteiger partial charge in [0.05, 0.1) is 24.2 Å². The van der Waals surface area contributed by atoms with Crippen LogP contribution in [0.25, 0.3) is 10.9 Å². The number of pyridine rings is 1. The van der Waals surface area contributed by atoms with E-state index in [-0.39, 0.29) is 5.88 Å². The Morgan fingerprint density at radius 1 is 1.36 bits per heavy atom. The minimum atomic E-state index is -0.0480. The molecule has 0 radical (unpaired) electrons. The van der Waals surface area contributed by atoms with E-state index in [1.807, 2.05) is 0 Å². The molecule has 0 atom stereocenters. The molecule has 0 amide bonds. The van der Waals surface area contributed by atoms with Crippen LogP contribution in [0.2, 0.25) is 0 Å². The van der Waals surface area contributed by atoms with Gasteiger partial charge in [0.2, 0.25) is 11.8 Å². The Morgan fingerprint density at radius 3 is 2.86 bits per heavy atom. The summed E-state index contributed by atoms with van der Waals surface area (Å²) in [6.07, 6.45) is 1.54. The smallest absolute Gasteiger partial charge is 0.222 e. The molecule has 5 heteroatoms. The van der Waals surface area contributed by atoms with Crippen LogP contribution in [-0.4, -0.2) is 27.2 Å². The summed E-state index contributed by atoms with van der Waals surface area (Å²) in [5.74, 6) is 0.899. The van der Waals surface area contributed by atoms with Gasteiger partial charge in [0, 0.05) is 6.07 Å². The molecule has 0 aliphatic carbocycles. The maximum Gasteiger partial charge on any atom is 0.222 e. The Bertz CT molecular complexity index is 485. The van der Waals surface area contributed by atoms with Crippen LogP contribution in [0.15, 0.2) is 12.3 Å². The standard InChI is InChI=1S/C9H9N3O2/c1-5-11-7-4-10-8(14-2)3-6(7)9(13)12-5/h3-4H,1-2H3,(H,11,12,13). The predicted octanol–water partition coefficient (Wildman–Crippen LogP) is 1.05. The molecule has 0 bridgehead atoms. The summed E-state index contributed by atoms with van der Waals surface area (Å²) >= 11 is 0. The molecule has 2 heterocycles. The monoisotopic (exact) mass is 191 g/mol. The molecular weight excluding hydrogens is 182 g/mol. The van der Waals surface area contributed by atoms with Crippen molar-refractivity contribution in [3.63, 3.8) is 0 Å². The van der Waals surface area contributed by atoms with Gasteiger partial charge in [-0.2, -0.15) is 4.98 Å². The van der Waals surface area contributed by atoms with Gasteiger partial charge >= 0.3 is 0 Å². The summed E-state index contributed by atoms with van der Waals surface area (Å²) in [7, 11) is 1.51.